The number of nitriles is 1. The van der Waals surface area contributed by atoms with Crippen LogP contribution in [0.3, 0.4) is 0 Å². The van der Waals surface area contributed by atoms with Crippen LogP contribution in [0.25, 0.3) is 0 Å². The summed E-state index contributed by atoms with van der Waals surface area (Å²) < 4.78 is 0.737. The molecule has 2 unspecified atom stereocenters. The monoisotopic (exact) mass is 285 g/mol. The van der Waals surface area contributed by atoms with Crippen molar-refractivity contribution in [1.29, 1.82) is 5.26 Å². The molecule has 3 N–H and O–H groups in total. The SMILES string of the molecule is N#CCC(O)C(O)c1ccc(Br)c(CO)c1. The van der Waals surface area contributed by atoms with Gasteiger partial charge in [0.15, 0.2) is 0 Å². The number of aliphatic hydroxyl groups is 3. The van der Waals surface area contributed by atoms with Crippen molar-refractivity contribution < 1.29 is 15.3 Å². The minimum absolute atomic E-state index is 0.133. The van der Waals surface area contributed by atoms with Crippen molar-refractivity contribution in [2.45, 2.75) is 25.2 Å². The molecule has 16 heavy (non-hydrogen) atoms. The molecule has 0 fully saturated rings. The summed E-state index contributed by atoms with van der Waals surface area (Å²) in [4.78, 5) is 0. The summed E-state index contributed by atoms with van der Waals surface area (Å²) in [5.41, 5.74) is 1.11. The van der Waals surface area contributed by atoms with Crippen LogP contribution in [0.1, 0.15) is 23.7 Å². The highest BCUT2D eigenvalue weighted by Crippen LogP contribution is 2.24. The van der Waals surface area contributed by atoms with Crippen molar-refractivity contribution in [2.75, 3.05) is 0 Å². The molecule has 0 aliphatic heterocycles. The predicted molar refractivity (Wildman–Crippen MR) is 61.3 cm³/mol. The zero-order valence-corrected chi connectivity index (χ0v) is 10.1. The maximum absolute atomic E-state index is 9.73. The van der Waals surface area contributed by atoms with E-state index < -0.39 is 12.2 Å². The Balaban J connectivity index is 2.92. The minimum Gasteiger partial charge on any atom is -0.392 e. The van der Waals surface area contributed by atoms with Crippen LogP contribution in [-0.4, -0.2) is 21.4 Å². The molecule has 5 heteroatoms. The Morgan fingerprint density at radius 1 is 1.38 bits per heavy atom. The normalized spacial score (nSPS) is 14.2. The van der Waals surface area contributed by atoms with Gasteiger partial charge in [-0.15, -0.1) is 0 Å². The van der Waals surface area contributed by atoms with E-state index in [-0.39, 0.29) is 13.0 Å². The fourth-order valence-corrected chi connectivity index (χ4v) is 1.70. The number of hydrogen-bond acceptors (Lipinski definition) is 4. The molecule has 0 saturated heterocycles. The van der Waals surface area contributed by atoms with Gasteiger partial charge in [-0.05, 0) is 23.3 Å². The Labute approximate surface area is 102 Å². The summed E-state index contributed by atoms with van der Waals surface area (Å²) in [6.45, 7) is -0.157. The van der Waals surface area contributed by atoms with Crippen molar-refractivity contribution in [3.63, 3.8) is 0 Å². The molecule has 1 aromatic rings. The van der Waals surface area contributed by atoms with Gasteiger partial charge < -0.3 is 15.3 Å². The van der Waals surface area contributed by atoms with E-state index >= 15 is 0 Å². The number of rotatable bonds is 4. The van der Waals surface area contributed by atoms with Gasteiger partial charge in [0.05, 0.1) is 25.2 Å². The smallest absolute Gasteiger partial charge is 0.106 e. The van der Waals surface area contributed by atoms with E-state index in [1.54, 1.807) is 24.3 Å². The van der Waals surface area contributed by atoms with Gasteiger partial charge in [-0.2, -0.15) is 5.26 Å². The predicted octanol–water partition coefficient (Wildman–Crippen LogP) is 1.25. The van der Waals surface area contributed by atoms with Crippen molar-refractivity contribution >= 4 is 15.9 Å². The first-order valence-corrected chi connectivity index (χ1v) is 5.51. The molecule has 1 rings (SSSR count). The molecular weight excluding hydrogens is 274 g/mol. The molecule has 0 spiro atoms. The first-order valence-electron chi connectivity index (χ1n) is 4.72. The molecule has 0 heterocycles. The zero-order chi connectivity index (χ0) is 12.1. The summed E-state index contributed by atoms with van der Waals surface area (Å²) in [5, 5.41) is 36.6. The van der Waals surface area contributed by atoms with E-state index in [4.69, 9.17) is 10.4 Å². The molecular formula is C11H12BrNO3. The Morgan fingerprint density at radius 3 is 2.62 bits per heavy atom. The Hall–Kier alpha value is -0.930. The lowest BCUT2D eigenvalue weighted by atomic mass is 10.0. The van der Waals surface area contributed by atoms with Crippen molar-refractivity contribution in [3.8, 4) is 6.07 Å². The number of benzene rings is 1. The molecule has 0 radical (unpaired) electrons. The van der Waals surface area contributed by atoms with Gasteiger partial charge in [-0.25, -0.2) is 0 Å². The standard InChI is InChI=1S/C11H12BrNO3/c12-9-2-1-7(5-8(9)6-14)11(16)10(15)3-4-13/h1-2,5,10-11,14-16H,3,6H2. The molecule has 2 atom stereocenters. The van der Waals surface area contributed by atoms with E-state index in [0.717, 1.165) is 4.47 Å². The summed E-state index contributed by atoms with van der Waals surface area (Å²) in [6, 6.07) is 6.70. The second-order valence-electron chi connectivity index (χ2n) is 3.38. The maximum atomic E-state index is 9.73. The van der Waals surface area contributed by atoms with Crippen molar-refractivity contribution in [2.24, 2.45) is 0 Å². The number of nitrogens with zero attached hydrogens (tertiary/aromatic N) is 1. The number of aliphatic hydroxyl groups excluding tert-OH is 3. The van der Waals surface area contributed by atoms with Gasteiger partial charge in [0.25, 0.3) is 0 Å². The summed E-state index contributed by atoms with van der Waals surface area (Å²) in [5.74, 6) is 0. The van der Waals surface area contributed by atoms with Crippen LogP contribution in [0.2, 0.25) is 0 Å². The third-order valence-corrected chi connectivity index (χ3v) is 3.02. The second-order valence-corrected chi connectivity index (χ2v) is 4.24. The fraction of sp³-hybridized carbons (Fsp3) is 0.364. The van der Waals surface area contributed by atoms with Crippen LogP contribution < -0.4 is 0 Å². The van der Waals surface area contributed by atoms with Gasteiger partial charge in [-0.1, -0.05) is 22.0 Å². The highest BCUT2D eigenvalue weighted by molar-refractivity contribution is 9.10. The number of hydrogen-bond donors (Lipinski definition) is 3. The highest BCUT2D eigenvalue weighted by atomic mass is 79.9. The molecule has 4 nitrogen and oxygen atoms in total. The third kappa shape index (κ3) is 3.03. The first kappa shape index (κ1) is 13.1. The van der Waals surface area contributed by atoms with E-state index in [2.05, 4.69) is 15.9 Å². The van der Waals surface area contributed by atoms with Crippen LogP contribution in [0.15, 0.2) is 22.7 Å². The lowest BCUT2D eigenvalue weighted by Crippen LogP contribution is -2.17. The number of halogens is 1. The molecule has 0 bridgehead atoms. The summed E-state index contributed by atoms with van der Waals surface area (Å²) in [6.07, 6.45) is -2.36. The van der Waals surface area contributed by atoms with Gasteiger partial charge in [-0.3, -0.25) is 0 Å². The largest absolute Gasteiger partial charge is 0.392 e. The highest BCUT2D eigenvalue weighted by Gasteiger charge is 2.18. The van der Waals surface area contributed by atoms with Crippen molar-refractivity contribution in [1.82, 2.24) is 0 Å². The Bertz CT molecular complexity index is 403. The molecule has 0 aromatic heterocycles. The lowest BCUT2D eigenvalue weighted by molar-refractivity contribution is 0.0215. The van der Waals surface area contributed by atoms with E-state index in [1.165, 1.54) is 0 Å². The Kier molecular flexibility index (Phi) is 4.90. The van der Waals surface area contributed by atoms with Gasteiger partial charge in [0.2, 0.25) is 0 Å². The molecule has 0 amide bonds. The van der Waals surface area contributed by atoms with Crippen LogP contribution in [0.4, 0.5) is 0 Å². The van der Waals surface area contributed by atoms with E-state index in [0.29, 0.717) is 11.1 Å². The molecule has 0 saturated carbocycles. The molecule has 0 aliphatic rings. The van der Waals surface area contributed by atoms with Crippen LogP contribution in [-0.2, 0) is 6.61 Å². The molecule has 0 aliphatic carbocycles. The van der Waals surface area contributed by atoms with Crippen LogP contribution in [0, 0.1) is 11.3 Å². The zero-order valence-electron chi connectivity index (χ0n) is 8.47. The van der Waals surface area contributed by atoms with E-state index in [1.807, 2.05) is 0 Å². The van der Waals surface area contributed by atoms with Crippen molar-refractivity contribution in [3.05, 3.63) is 33.8 Å². The van der Waals surface area contributed by atoms with Crippen LogP contribution >= 0.6 is 15.9 Å². The summed E-state index contributed by atoms with van der Waals surface area (Å²) >= 11 is 3.25. The molecule has 1 aromatic carbocycles. The second kappa shape index (κ2) is 5.97. The third-order valence-electron chi connectivity index (χ3n) is 2.25. The van der Waals surface area contributed by atoms with Gasteiger partial charge in [0.1, 0.15) is 6.10 Å². The Morgan fingerprint density at radius 2 is 2.06 bits per heavy atom. The van der Waals surface area contributed by atoms with Gasteiger partial charge in [0, 0.05) is 4.47 Å². The van der Waals surface area contributed by atoms with E-state index in [9.17, 15) is 10.2 Å². The first-order chi connectivity index (χ1) is 7.60. The topological polar surface area (TPSA) is 84.5 Å². The quantitative estimate of drug-likeness (QED) is 0.777. The maximum Gasteiger partial charge on any atom is 0.106 e. The summed E-state index contributed by atoms with van der Waals surface area (Å²) in [7, 11) is 0. The van der Waals surface area contributed by atoms with Crippen LogP contribution in [0.5, 0.6) is 0 Å². The lowest BCUT2D eigenvalue weighted by Gasteiger charge is -2.16. The average molecular weight is 286 g/mol. The molecule has 86 valence electrons. The fourth-order valence-electron chi connectivity index (χ4n) is 1.33. The average Bonchev–Trinajstić information content (AvgIpc) is 2.29. The van der Waals surface area contributed by atoms with Gasteiger partial charge >= 0.3 is 0 Å². The minimum atomic E-state index is -1.11.